The zero-order chi connectivity index (χ0) is 21.7. The van der Waals surface area contributed by atoms with Crippen molar-refractivity contribution in [1.29, 1.82) is 0 Å². The number of carbonyl (C=O) groups is 1. The number of halogens is 2. The van der Waals surface area contributed by atoms with Gasteiger partial charge in [0.2, 0.25) is 15.9 Å². The molecule has 9 heteroatoms. The number of carbonyl (C=O) groups excluding carboxylic acids is 1. The Hall–Kier alpha value is -2.16. The summed E-state index contributed by atoms with van der Waals surface area (Å²) in [5.74, 6) is -0.872. The first kappa shape index (κ1) is 22.5. The first-order chi connectivity index (χ1) is 14.3. The number of hydrogen-bond donors (Lipinski definition) is 1. The molecular weight excluding hydrogens is 429 g/mol. The molecule has 2 aromatic carbocycles. The van der Waals surface area contributed by atoms with Gasteiger partial charge >= 0.3 is 0 Å². The minimum absolute atomic E-state index is 0.0894. The number of anilines is 2. The molecule has 0 saturated carbocycles. The van der Waals surface area contributed by atoms with Crippen LogP contribution in [0, 0.1) is 5.82 Å². The van der Waals surface area contributed by atoms with Gasteiger partial charge in [-0.05, 0) is 43.2 Å². The standard InChI is InChI=1S/C21H25ClFN3O3S/c1-25(20-9-5-4-8-18(20)23)15-21(27)24-19-14-16(10-11-17(19)22)30(28,29)26-12-6-2-3-7-13-26/h4-5,8-11,14H,2-3,6-7,12-13,15H2,1H3,(H,24,27). The number of hydrogen-bond acceptors (Lipinski definition) is 4. The van der Waals surface area contributed by atoms with Gasteiger partial charge in [-0.2, -0.15) is 4.31 Å². The van der Waals surface area contributed by atoms with E-state index in [0.29, 0.717) is 13.1 Å². The number of para-hydroxylation sites is 1. The molecule has 3 rings (SSSR count). The van der Waals surface area contributed by atoms with Gasteiger partial charge in [-0.25, -0.2) is 12.8 Å². The van der Waals surface area contributed by atoms with Gasteiger partial charge in [0.25, 0.3) is 0 Å². The van der Waals surface area contributed by atoms with Crippen molar-refractivity contribution in [2.75, 3.05) is 36.9 Å². The van der Waals surface area contributed by atoms with E-state index in [1.165, 1.54) is 33.5 Å². The summed E-state index contributed by atoms with van der Waals surface area (Å²) in [7, 11) is -2.07. The summed E-state index contributed by atoms with van der Waals surface area (Å²) in [5.41, 5.74) is 0.496. The molecule has 0 aliphatic carbocycles. The lowest BCUT2D eigenvalue weighted by Gasteiger charge is -2.21. The topological polar surface area (TPSA) is 69.7 Å². The summed E-state index contributed by atoms with van der Waals surface area (Å²) < 4.78 is 41.4. The van der Waals surface area contributed by atoms with E-state index in [4.69, 9.17) is 11.6 Å². The molecular formula is C21H25ClFN3O3S. The van der Waals surface area contributed by atoms with Crippen molar-refractivity contribution >= 4 is 38.9 Å². The maximum Gasteiger partial charge on any atom is 0.243 e. The normalized spacial score (nSPS) is 15.4. The van der Waals surface area contributed by atoms with E-state index in [9.17, 15) is 17.6 Å². The Kier molecular flexibility index (Phi) is 7.33. The predicted molar refractivity (Wildman–Crippen MR) is 117 cm³/mol. The minimum atomic E-state index is -3.67. The monoisotopic (exact) mass is 453 g/mol. The van der Waals surface area contributed by atoms with Crippen molar-refractivity contribution in [3.63, 3.8) is 0 Å². The van der Waals surface area contributed by atoms with E-state index < -0.39 is 21.7 Å². The van der Waals surface area contributed by atoms with Crippen LogP contribution in [0.25, 0.3) is 0 Å². The van der Waals surface area contributed by atoms with E-state index in [1.54, 1.807) is 25.2 Å². The Bertz CT molecular complexity index is 1010. The molecule has 0 spiro atoms. The summed E-state index contributed by atoms with van der Waals surface area (Å²) in [6.07, 6.45) is 3.70. The van der Waals surface area contributed by atoms with Crippen molar-refractivity contribution in [3.8, 4) is 0 Å². The highest BCUT2D eigenvalue weighted by molar-refractivity contribution is 7.89. The number of nitrogens with zero attached hydrogens (tertiary/aromatic N) is 2. The summed E-state index contributed by atoms with van der Waals surface area (Å²) in [6, 6.07) is 10.4. The lowest BCUT2D eigenvalue weighted by Crippen LogP contribution is -2.32. The van der Waals surface area contributed by atoms with Crippen LogP contribution in [0.3, 0.4) is 0 Å². The van der Waals surface area contributed by atoms with Gasteiger partial charge < -0.3 is 10.2 Å². The van der Waals surface area contributed by atoms with Crippen LogP contribution in [-0.2, 0) is 14.8 Å². The minimum Gasteiger partial charge on any atom is -0.363 e. The molecule has 1 fully saturated rings. The van der Waals surface area contributed by atoms with Crippen molar-refractivity contribution in [2.45, 2.75) is 30.6 Å². The van der Waals surface area contributed by atoms with Crippen LogP contribution in [-0.4, -0.2) is 45.3 Å². The highest BCUT2D eigenvalue weighted by atomic mass is 35.5. The molecule has 1 aliphatic heterocycles. The number of sulfonamides is 1. The molecule has 30 heavy (non-hydrogen) atoms. The predicted octanol–water partition coefficient (Wildman–Crippen LogP) is 4.12. The van der Waals surface area contributed by atoms with Gasteiger partial charge in [0, 0.05) is 20.1 Å². The number of nitrogens with one attached hydrogen (secondary N) is 1. The number of amides is 1. The molecule has 0 bridgehead atoms. The van der Waals surface area contributed by atoms with Crippen molar-refractivity contribution < 1.29 is 17.6 Å². The molecule has 1 amide bonds. The Morgan fingerprint density at radius 1 is 1.13 bits per heavy atom. The zero-order valence-electron chi connectivity index (χ0n) is 16.8. The fourth-order valence-electron chi connectivity index (χ4n) is 3.44. The van der Waals surface area contributed by atoms with Gasteiger partial charge in [-0.1, -0.05) is 36.6 Å². The molecule has 162 valence electrons. The van der Waals surface area contributed by atoms with Crippen molar-refractivity contribution in [3.05, 3.63) is 53.3 Å². The molecule has 1 N–H and O–H groups in total. The van der Waals surface area contributed by atoms with Crippen molar-refractivity contribution in [1.82, 2.24) is 4.31 Å². The maximum absolute atomic E-state index is 13.9. The Morgan fingerprint density at radius 3 is 2.47 bits per heavy atom. The van der Waals surface area contributed by atoms with E-state index in [0.717, 1.165) is 25.7 Å². The molecule has 0 radical (unpaired) electrons. The second-order valence-corrected chi connectivity index (χ2v) is 9.66. The molecule has 1 aliphatic rings. The van der Waals surface area contributed by atoms with Gasteiger partial charge in [-0.3, -0.25) is 4.79 Å². The average Bonchev–Trinajstić information content (AvgIpc) is 3.00. The third kappa shape index (κ3) is 5.30. The highest BCUT2D eigenvalue weighted by Crippen LogP contribution is 2.28. The third-order valence-corrected chi connectivity index (χ3v) is 7.28. The van der Waals surface area contributed by atoms with Crippen LogP contribution < -0.4 is 10.2 Å². The van der Waals surface area contributed by atoms with Crippen molar-refractivity contribution in [2.24, 2.45) is 0 Å². The largest absolute Gasteiger partial charge is 0.363 e. The summed E-state index contributed by atoms with van der Waals surface area (Å²) in [4.78, 5) is 14.0. The van der Waals surface area contributed by atoms with E-state index in [-0.39, 0.29) is 27.8 Å². The Morgan fingerprint density at radius 2 is 1.80 bits per heavy atom. The fourth-order valence-corrected chi connectivity index (χ4v) is 5.15. The van der Waals surface area contributed by atoms with Crippen LogP contribution in [0.2, 0.25) is 5.02 Å². The molecule has 0 aromatic heterocycles. The molecule has 0 atom stereocenters. The van der Waals surface area contributed by atoms with Gasteiger partial charge in [0.15, 0.2) is 0 Å². The quantitative estimate of drug-likeness (QED) is 0.714. The number of likely N-dealkylation sites (N-methyl/N-ethyl adjacent to an activating group) is 1. The summed E-state index contributed by atoms with van der Waals surface area (Å²) in [6.45, 7) is 0.848. The first-order valence-corrected chi connectivity index (χ1v) is 11.7. The fraction of sp³-hybridized carbons (Fsp3) is 0.381. The Balaban J connectivity index is 1.75. The molecule has 1 saturated heterocycles. The third-order valence-electron chi connectivity index (χ3n) is 5.06. The second kappa shape index (κ2) is 9.76. The van der Waals surface area contributed by atoms with Gasteiger partial charge in [0.1, 0.15) is 5.82 Å². The highest BCUT2D eigenvalue weighted by Gasteiger charge is 2.26. The molecule has 0 unspecified atom stereocenters. The lowest BCUT2D eigenvalue weighted by atomic mass is 10.2. The van der Waals surface area contributed by atoms with Gasteiger partial charge in [-0.15, -0.1) is 0 Å². The second-order valence-electron chi connectivity index (χ2n) is 7.32. The number of benzene rings is 2. The molecule has 1 heterocycles. The first-order valence-electron chi connectivity index (χ1n) is 9.84. The SMILES string of the molecule is CN(CC(=O)Nc1cc(S(=O)(=O)N2CCCCCC2)ccc1Cl)c1ccccc1F. The Labute approximate surface area is 181 Å². The van der Waals surface area contributed by atoms with E-state index >= 15 is 0 Å². The van der Waals surface area contributed by atoms with Crippen LogP contribution in [0.1, 0.15) is 25.7 Å². The zero-order valence-corrected chi connectivity index (χ0v) is 18.3. The van der Waals surface area contributed by atoms with Gasteiger partial charge in [0.05, 0.1) is 27.8 Å². The summed E-state index contributed by atoms with van der Waals surface area (Å²) >= 11 is 6.18. The number of rotatable bonds is 6. The van der Waals surface area contributed by atoms with Crippen LogP contribution in [0.5, 0.6) is 0 Å². The average molecular weight is 454 g/mol. The van der Waals surface area contributed by atoms with Crippen LogP contribution in [0.4, 0.5) is 15.8 Å². The lowest BCUT2D eigenvalue weighted by molar-refractivity contribution is -0.114. The molecule has 6 nitrogen and oxygen atoms in total. The van der Waals surface area contributed by atoms with E-state index in [1.807, 2.05) is 0 Å². The van der Waals surface area contributed by atoms with E-state index in [2.05, 4.69) is 5.32 Å². The van der Waals surface area contributed by atoms with Crippen LogP contribution in [0.15, 0.2) is 47.4 Å². The smallest absolute Gasteiger partial charge is 0.243 e. The maximum atomic E-state index is 13.9. The molecule has 2 aromatic rings. The van der Waals surface area contributed by atoms with Crippen LogP contribution >= 0.6 is 11.6 Å². The summed E-state index contributed by atoms with van der Waals surface area (Å²) in [5, 5.41) is 2.87.